The Morgan fingerprint density at radius 3 is 2.16 bits per heavy atom. The van der Waals surface area contributed by atoms with E-state index in [1.54, 1.807) is 0 Å². The molecule has 0 fully saturated rings. The van der Waals surface area contributed by atoms with Gasteiger partial charge >= 0.3 is 0 Å². The maximum atomic E-state index is 6.41. The van der Waals surface area contributed by atoms with Crippen molar-refractivity contribution in [3.05, 3.63) is 125 Å². The van der Waals surface area contributed by atoms with Crippen molar-refractivity contribution in [2.24, 2.45) is 5.10 Å². The number of para-hydroxylation sites is 1. The van der Waals surface area contributed by atoms with Gasteiger partial charge in [0.1, 0.15) is 5.75 Å². The predicted octanol–water partition coefficient (Wildman–Crippen LogP) is 7.25. The van der Waals surface area contributed by atoms with Crippen LogP contribution in [-0.4, -0.2) is 10.7 Å². The average molecular weight is 437 g/mol. The van der Waals surface area contributed by atoms with Crippen molar-refractivity contribution in [1.29, 1.82) is 0 Å². The Bertz CT molecular complexity index is 1280. The highest BCUT2D eigenvalue weighted by Gasteiger charge is 2.40. The van der Waals surface area contributed by atoms with Gasteiger partial charge in [0, 0.05) is 22.6 Å². The van der Waals surface area contributed by atoms with Gasteiger partial charge in [-0.25, -0.2) is 5.01 Å². The summed E-state index contributed by atoms with van der Waals surface area (Å²) in [6.07, 6.45) is 0.558. The lowest BCUT2D eigenvalue weighted by Crippen LogP contribution is -2.33. The van der Waals surface area contributed by atoms with E-state index in [9.17, 15) is 0 Å². The third-order valence-electron chi connectivity index (χ3n) is 6.18. The molecule has 4 aromatic carbocycles. The molecule has 2 unspecified atom stereocenters. The highest BCUT2D eigenvalue weighted by molar-refractivity contribution is 6.30. The minimum absolute atomic E-state index is 0.143. The minimum Gasteiger partial charge on any atom is -0.464 e. The molecule has 0 spiro atoms. The molecule has 0 aliphatic carbocycles. The Morgan fingerprint density at radius 1 is 0.719 bits per heavy atom. The van der Waals surface area contributed by atoms with Crippen LogP contribution in [0.1, 0.15) is 35.4 Å². The van der Waals surface area contributed by atoms with E-state index in [1.165, 1.54) is 16.7 Å². The van der Waals surface area contributed by atoms with Crippen molar-refractivity contribution in [3.63, 3.8) is 0 Å². The van der Waals surface area contributed by atoms with Gasteiger partial charge < -0.3 is 4.74 Å². The lowest BCUT2D eigenvalue weighted by molar-refractivity contribution is -0.0190. The minimum atomic E-state index is -0.284. The summed E-state index contributed by atoms with van der Waals surface area (Å²) in [7, 11) is 0. The molecule has 4 heteroatoms. The van der Waals surface area contributed by atoms with E-state index in [-0.39, 0.29) is 12.3 Å². The van der Waals surface area contributed by atoms with E-state index in [0.717, 1.165) is 29.0 Å². The fourth-order valence-electron chi connectivity index (χ4n) is 4.54. The molecular formula is C28H21ClN2O. The van der Waals surface area contributed by atoms with Crippen molar-refractivity contribution < 1.29 is 4.74 Å². The third kappa shape index (κ3) is 3.35. The van der Waals surface area contributed by atoms with E-state index >= 15 is 0 Å². The number of halogens is 1. The maximum absolute atomic E-state index is 6.41. The van der Waals surface area contributed by atoms with Gasteiger partial charge in [0.05, 0.1) is 11.8 Å². The van der Waals surface area contributed by atoms with Crippen LogP contribution in [-0.2, 0) is 0 Å². The summed E-state index contributed by atoms with van der Waals surface area (Å²) in [5.41, 5.74) is 6.87. The van der Waals surface area contributed by atoms with Crippen LogP contribution in [0.25, 0.3) is 11.1 Å². The molecule has 0 saturated carbocycles. The van der Waals surface area contributed by atoms with Crippen molar-refractivity contribution >= 4 is 17.3 Å². The number of rotatable bonds is 3. The van der Waals surface area contributed by atoms with Crippen molar-refractivity contribution in [2.75, 3.05) is 0 Å². The molecule has 0 radical (unpaired) electrons. The first-order valence-electron chi connectivity index (χ1n) is 10.8. The molecule has 32 heavy (non-hydrogen) atoms. The molecule has 2 heterocycles. The highest BCUT2D eigenvalue weighted by Crippen LogP contribution is 2.47. The van der Waals surface area contributed by atoms with Gasteiger partial charge in [-0.05, 0) is 34.9 Å². The maximum Gasteiger partial charge on any atom is 0.213 e. The fraction of sp³-hybridized carbons (Fsp3) is 0.107. The summed E-state index contributed by atoms with van der Waals surface area (Å²) in [5.74, 6) is 0.921. The molecule has 0 N–H and O–H groups in total. The second kappa shape index (κ2) is 7.85. The van der Waals surface area contributed by atoms with Crippen LogP contribution in [0.3, 0.4) is 0 Å². The largest absolute Gasteiger partial charge is 0.464 e. The van der Waals surface area contributed by atoms with Gasteiger partial charge in [0.15, 0.2) is 0 Å². The normalized spacial score (nSPS) is 19.0. The topological polar surface area (TPSA) is 24.8 Å². The van der Waals surface area contributed by atoms with E-state index < -0.39 is 0 Å². The standard InChI is InChI=1S/C28H21ClN2O/c29-23-16-14-22(15-17-23)28-31-26(24-8-4-5-9-27(24)32-28)18-25(30-31)21-12-10-20(11-13-21)19-6-2-1-3-7-19/h1-17,26,28H,18H2. The summed E-state index contributed by atoms with van der Waals surface area (Å²) >= 11 is 6.12. The van der Waals surface area contributed by atoms with E-state index in [1.807, 2.05) is 42.5 Å². The number of fused-ring (bicyclic) bond motifs is 3. The zero-order valence-corrected chi connectivity index (χ0v) is 18.1. The zero-order chi connectivity index (χ0) is 21.5. The quantitative estimate of drug-likeness (QED) is 0.338. The summed E-state index contributed by atoms with van der Waals surface area (Å²) in [5, 5.41) is 7.87. The van der Waals surface area contributed by atoms with Crippen LogP contribution in [0.2, 0.25) is 5.02 Å². The van der Waals surface area contributed by atoms with Crippen molar-refractivity contribution in [1.82, 2.24) is 5.01 Å². The van der Waals surface area contributed by atoms with E-state index in [0.29, 0.717) is 5.02 Å². The van der Waals surface area contributed by atoms with Crippen LogP contribution in [0.15, 0.2) is 108 Å². The molecule has 0 saturated heterocycles. The Balaban J connectivity index is 1.36. The molecule has 2 aliphatic heterocycles. The molecule has 0 aromatic heterocycles. The number of ether oxygens (including phenoxy) is 1. The first-order chi connectivity index (χ1) is 15.8. The first kappa shape index (κ1) is 19.1. The van der Waals surface area contributed by atoms with Crippen LogP contribution >= 0.6 is 11.6 Å². The lowest BCUT2D eigenvalue weighted by Gasteiger charge is -2.38. The number of nitrogens with zero attached hydrogens (tertiary/aromatic N) is 2. The van der Waals surface area contributed by atoms with Crippen LogP contribution in [0, 0.1) is 0 Å². The molecule has 0 bridgehead atoms. The molecular weight excluding hydrogens is 416 g/mol. The van der Waals surface area contributed by atoms with Gasteiger partial charge in [0.2, 0.25) is 6.23 Å². The van der Waals surface area contributed by atoms with Crippen molar-refractivity contribution in [3.8, 4) is 16.9 Å². The van der Waals surface area contributed by atoms with Gasteiger partial charge in [-0.1, -0.05) is 96.5 Å². The highest BCUT2D eigenvalue weighted by atomic mass is 35.5. The summed E-state index contributed by atoms with van der Waals surface area (Å²) in [4.78, 5) is 0. The fourth-order valence-corrected chi connectivity index (χ4v) is 4.67. The Hall–Kier alpha value is -3.56. The summed E-state index contributed by atoms with van der Waals surface area (Å²) in [6, 6.07) is 35.4. The molecule has 2 aliphatic rings. The van der Waals surface area contributed by atoms with Gasteiger partial charge in [-0.3, -0.25) is 0 Å². The molecule has 6 rings (SSSR count). The van der Waals surface area contributed by atoms with Gasteiger partial charge in [-0.2, -0.15) is 5.10 Å². The Labute approximate surface area is 192 Å². The van der Waals surface area contributed by atoms with Gasteiger partial charge in [-0.15, -0.1) is 0 Å². The zero-order valence-electron chi connectivity index (χ0n) is 17.4. The van der Waals surface area contributed by atoms with Crippen LogP contribution in [0.5, 0.6) is 5.75 Å². The second-order valence-electron chi connectivity index (χ2n) is 8.15. The SMILES string of the molecule is Clc1ccc(C2Oc3ccccc3C3CC(c4ccc(-c5ccccc5)cc4)=NN32)cc1. The molecule has 4 aromatic rings. The third-order valence-corrected chi connectivity index (χ3v) is 6.43. The van der Waals surface area contributed by atoms with Crippen LogP contribution in [0.4, 0.5) is 0 Å². The predicted molar refractivity (Wildman–Crippen MR) is 129 cm³/mol. The number of hydrogen-bond acceptors (Lipinski definition) is 3. The average Bonchev–Trinajstić information content (AvgIpc) is 3.31. The summed E-state index contributed by atoms with van der Waals surface area (Å²) < 4.78 is 6.41. The van der Waals surface area contributed by atoms with Crippen molar-refractivity contribution in [2.45, 2.75) is 18.7 Å². The molecule has 2 atom stereocenters. The first-order valence-corrected chi connectivity index (χ1v) is 11.2. The monoisotopic (exact) mass is 436 g/mol. The molecule has 0 amide bonds. The smallest absolute Gasteiger partial charge is 0.213 e. The number of hydrazone groups is 1. The van der Waals surface area contributed by atoms with E-state index in [2.05, 4.69) is 65.7 Å². The summed E-state index contributed by atoms with van der Waals surface area (Å²) in [6.45, 7) is 0. The second-order valence-corrected chi connectivity index (χ2v) is 8.59. The molecule has 156 valence electrons. The molecule has 3 nitrogen and oxygen atoms in total. The lowest BCUT2D eigenvalue weighted by atomic mass is 9.95. The van der Waals surface area contributed by atoms with Crippen LogP contribution < -0.4 is 4.74 Å². The number of hydrogen-bond donors (Lipinski definition) is 0. The van der Waals surface area contributed by atoms with Gasteiger partial charge in [0.25, 0.3) is 0 Å². The Morgan fingerprint density at radius 2 is 1.38 bits per heavy atom. The van der Waals surface area contributed by atoms with E-state index in [4.69, 9.17) is 21.4 Å². The Kier molecular flexibility index (Phi) is 4.70. The number of benzene rings is 4.